The van der Waals surface area contributed by atoms with Gasteiger partial charge in [0.15, 0.2) is 0 Å². The number of hydrogen-bond acceptors (Lipinski definition) is 3. The van der Waals surface area contributed by atoms with Crippen molar-refractivity contribution in [1.29, 1.82) is 0 Å². The monoisotopic (exact) mass is 301 g/mol. The first-order valence-electron chi connectivity index (χ1n) is 6.70. The van der Waals surface area contributed by atoms with Crippen LogP contribution in [-0.4, -0.2) is 47.7 Å². The average molecular weight is 301 g/mol. The fourth-order valence-electron chi connectivity index (χ4n) is 1.95. The van der Waals surface area contributed by atoms with E-state index < -0.39 is 12.6 Å². The van der Waals surface area contributed by atoms with Crippen LogP contribution in [0.25, 0.3) is 5.57 Å². The highest BCUT2D eigenvalue weighted by Crippen LogP contribution is 2.19. The molecular formula is C14H18F3N3O. The Labute approximate surface area is 121 Å². The summed E-state index contributed by atoms with van der Waals surface area (Å²) >= 11 is 0. The summed E-state index contributed by atoms with van der Waals surface area (Å²) in [6.07, 6.45) is 2.68. The summed E-state index contributed by atoms with van der Waals surface area (Å²) in [7, 11) is 1.98. The van der Waals surface area contributed by atoms with E-state index in [9.17, 15) is 13.2 Å². The smallest absolute Gasteiger partial charge is 0.379 e. The number of alkyl halides is 3. The average Bonchev–Trinajstić information content (AvgIpc) is 2.86. The van der Waals surface area contributed by atoms with E-state index in [-0.39, 0.29) is 13.2 Å². The summed E-state index contributed by atoms with van der Waals surface area (Å²) in [5.74, 6) is 0. The van der Waals surface area contributed by atoms with Gasteiger partial charge in [0.2, 0.25) is 0 Å². The van der Waals surface area contributed by atoms with Crippen molar-refractivity contribution in [3.05, 3.63) is 36.3 Å². The van der Waals surface area contributed by atoms with Gasteiger partial charge in [-0.05, 0) is 23.9 Å². The molecule has 1 aliphatic rings. The molecule has 0 aromatic carbocycles. The third-order valence-electron chi connectivity index (χ3n) is 3.02. The van der Waals surface area contributed by atoms with Crippen LogP contribution in [-0.2, 0) is 11.3 Å². The third-order valence-corrected chi connectivity index (χ3v) is 3.02. The molecule has 7 heteroatoms. The largest absolute Gasteiger partial charge is 0.391 e. The first-order chi connectivity index (χ1) is 9.94. The Bertz CT molecular complexity index is 520. The SMILES string of the molecule is CN1C=CC=C(c2ccn(CCOCCC(F)(F)F)n2)C1. The molecule has 2 rings (SSSR count). The van der Waals surface area contributed by atoms with Gasteiger partial charge in [-0.1, -0.05) is 6.08 Å². The highest BCUT2D eigenvalue weighted by molar-refractivity contribution is 5.66. The zero-order valence-corrected chi connectivity index (χ0v) is 11.8. The van der Waals surface area contributed by atoms with E-state index in [2.05, 4.69) is 10.00 Å². The molecule has 0 N–H and O–H groups in total. The van der Waals surface area contributed by atoms with Gasteiger partial charge in [0.25, 0.3) is 0 Å². The maximum atomic E-state index is 11.9. The van der Waals surface area contributed by atoms with Crippen molar-refractivity contribution in [3.8, 4) is 0 Å². The summed E-state index contributed by atoms with van der Waals surface area (Å²) in [6.45, 7) is 1.14. The van der Waals surface area contributed by atoms with E-state index in [0.29, 0.717) is 6.54 Å². The van der Waals surface area contributed by atoms with Crippen LogP contribution in [0.1, 0.15) is 12.1 Å². The number of halogens is 3. The van der Waals surface area contributed by atoms with Gasteiger partial charge in [-0.2, -0.15) is 18.3 Å². The summed E-state index contributed by atoms with van der Waals surface area (Å²) in [5.41, 5.74) is 1.98. The van der Waals surface area contributed by atoms with Crippen molar-refractivity contribution in [3.63, 3.8) is 0 Å². The minimum absolute atomic E-state index is 0.218. The molecule has 1 aromatic heterocycles. The highest BCUT2D eigenvalue weighted by Gasteiger charge is 2.26. The molecule has 0 atom stereocenters. The first-order valence-corrected chi connectivity index (χ1v) is 6.70. The third kappa shape index (κ3) is 5.26. The van der Waals surface area contributed by atoms with Gasteiger partial charge >= 0.3 is 6.18 Å². The standard InChI is InChI=1S/C14H18F3N3O/c1-19-6-2-3-12(11-19)13-4-7-20(18-13)8-10-21-9-5-14(15,16)17/h2-4,6-7H,5,8-11H2,1H3. The van der Waals surface area contributed by atoms with Crippen LogP contribution in [0, 0.1) is 0 Å². The molecule has 2 heterocycles. The summed E-state index contributed by atoms with van der Waals surface area (Å²) in [4.78, 5) is 2.05. The zero-order valence-electron chi connectivity index (χ0n) is 11.8. The molecule has 0 fully saturated rings. The van der Waals surface area contributed by atoms with Gasteiger partial charge in [-0.25, -0.2) is 0 Å². The molecule has 0 amide bonds. The van der Waals surface area contributed by atoms with Crippen LogP contribution < -0.4 is 0 Å². The van der Waals surface area contributed by atoms with E-state index in [4.69, 9.17) is 4.74 Å². The van der Waals surface area contributed by atoms with Gasteiger partial charge in [0.1, 0.15) is 0 Å². The fourth-order valence-corrected chi connectivity index (χ4v) is 1.95. The Balaban J connectivity index is 1.76. The predicted octanol–water partition coefficient (Wildman–Crippen LogP) is 2.69. The van der Waals surface area contributed by atoms with Crippen molar-refractivity contribution in [1.82, 2.24) is 14.7 Å². The van der Waals surface area contributed by atoms with Crippen LogP contribution in [0.2, 0.25) is 0 Å². The van der Waals surface area contributed by atoms with Crippen molar-refractivity contribution < 1.29 is 17.9 Å². The number of ether oxygens (including phenoxy) is 1. The molecule has 0 saturated heterocycles. The second kappa shape index (κ2) is 6.80. The summed E-state index contributed by atoms with van der Waals surface area (Å²) in [5, 5.41) is 4.40. The molecule has 0 aliphatic carbocycles. The van der Waals surface area contributed by atoms with Gasteiger partial charge in [-0.3, -0.25) is 4.68 Å². The Morgan fingerprint density at radius 1 is 1.33 bits per heavy atom. The van der Waals surface area contributed by atoms with Crippen LogP contribution >= 0.6 is 0 Å². The highest BCUT2D eigenvalue weighted by atomic mass is 19.4. The molecule has 1 aromatic rings. The number of aromatic nitrogens is 2. The lowest BCUT2D eigenvalue weighted by Crippen LogP contribution is -2.16. The van der Waals surface area contributed by atoms with Crippen molar-refractivity contribution >= 4 is 5.57 Å². The lowest BCUT2D eigenvalue weighted by atomic mass is 10.1. The van der Waals surface area contributed by atoms with Crippen LogP contribution in [0.15, 0.2) is 30.6 Å². The minimum Gasteiger partial charge on any atom is -0.379 e. The van der Waals surface area contributed by atoms with E-state index in [1.54, 1.807) is 4.68 Å². The van der Waals surface area contributed by atoms with Gasteiger partial charge < -0.3 is 9.64 Å². The Morgan fingerprint density at radius 2 is 2.14 bits per heavy atom. The normalized spacial score (nSPS) is 15.4. The molecular weight excluding hydrogens is 283 g/mol. The van der Waals surface area contributed by atoms with E-state index >= 15 is 0 Å². The number of nitrogens with zero attached hydrogens (tertiary/aromatic N) is 3. The minimum atomic E-state index is -4.16. The second-order valence-corrected chi connectivity index (χ2v) is 4.89. The first kappa shape index (κ1) is 15.6. The zero-order chi connectivity index (χ0) is 15.3. The van der Waals surface area contributed by atoms with Crippen molar-refractivity contribution in [2.45, 2.75) is 19.1 Å². The number of hydrogen-bond donors (Lipinski definition) is 0. The molecule has 1 aliphatic heterocycles. The van der Waals surface area contributed by atoms with E-state index in [0.717, 1.165) is 17.8 Å². The number of likely N-dealkylation sites (N-methyl/N-ethyl adjacent to an activating group) is 1. The lowest BCUT2D eigenvalue weighted by molar-refractivity contribution is -0.145. The molecule has 0 bridgehead atoms. The molecule has 0 radical (unpaired) electrons. The van der Waals surface area contributed by atoms with Crippen molar-refractivity contribution in [2.75, 3.05) is 26.8 Å². The molecule has 0 saturated carbocycles. The predicted molar refractivity (Wildman–Crippen MR) is 73.5 cm³/mol. The maximum absolute atomic E-state index is 11.9. The fraction of sp³-hybridized carbons (Fsp3) is 0.500. The number of allylic oxidation sites excluding steroid dienone is 2. The molecule has 21 heavy (non-hydrogen) atoms. The summed E-state index contributed by atoms with van der Waals surface area (Å²) in [6, 6.07) is 1.90. The van der Waals surface area contributed by atoms with Crippen LogP contribution in [0.4, 0.5) is 13.2 Å². The van der Waals surface area contributed by atoms with E-state index in [1.807, 2.05) is 37.7 Å². The Kier molecular flexibility index (Phi) is 5.06. The summed E-state index contributed by atoms with van der Waals surface area (Å²) < 4.78 is 42.5. The van der Waals surface area contributed by atoms with Gasteiger partial charge in [-0.15, -0.1) is 0 Å². The second-order valence-electron chi connectivity index (χ2n) is 4.89. The van der Waals surface area contributed by atoms with Crippen LogP contribution in [0.3, 0.4) is 0 Å². The lowest BCUT2D eigenvalue weighted by Gasteiger charge is -2.18. The quantitative estimate of drug-likeness (QED) is 0.757. The molecule has 116 valence electrons. The number of rotatable bonds is 6. The maximum Gasteiger partial charge on any atom is 0.391 e. The van der Waals surface area contributed by atoms with Crippen molar-refractivity contribution in [2.24, 2.45) is 0 Å². The molecule has 4 nitrogen and oxygen atoms in total. The van der Waals surface area contributed by atoms with Gasteiger partial charge in [0, 0.05) is 19.8 Å². The molecule has 0 spiro atoms. The molecule has 0 unspecified atom stereocenters. The van der Waals surface area contributed by atoms with E-state index in [1.165, 1.54) is 0 Å². The Hall–Kier alpha value is -1.76. The topological polar surface area (TPSA) is 30.3 Å². The Morgan fingerprint density at radius 3 is 2.86 bits per heavy atom. The van der Waals surface area contributed by atoms with Gasteiger partial charge in [0.05, 0.1) is 31.9 Å². The van der Waals surface area contributed by atoms with Crippen LogP contribution in [0.5, 0.6) is 0 Å².